The number of nitrogens with one attached hydrogen (secondary N) is 2. The summed E-state index contributed by atoms with van der Waals surface area (Å²) >= 11 is 0. The summed E-state index contributed by atoms with van der Waals surface area (Å²) in [4.78, 5) is 0. The predicted molar refractivity (Wildman–Crippen MR) is 78.8 cm³/mol. The molecular formula is C16H32N2. The fourth-order valence-electron chi connectivity index (χ4n) is 3.74. The second-order valence-corrected chi connectivity index (χ2v) is 7.15. The Morgan fingerprint density at radius 3 is 2.56 bits per heavy atom. The zero-order valence-electron chi connectivity index (χ0n) is 12.4. The highest BCUT2D eigenvalue weighted by molar-refractivity contribution is 4.84. The van der Waals surface area contributed by atoms with Crippen molar-refractivity contribution in [1.29, 1.82) is 0 Å². The Labute approximate surface area is 113 Å². The minimum absolute atomic E-state index is 0.501. The molecule has 2 fully saturated rings. The van der Waals surface area contributed by atoms with Crippen LogP contribution in [0.4, 0.5) is 0 Å². The highest BCUT2D eigenvalue weighted by atomic mass is 14.9. The maximum absolute atomic E-state index is 3.72. The summed E-state index contributed by atoms with van der Waals surface area (Å²) in [5, 5.41) is 7.23. The van der Waals surface area contributed by atoms with Gasteiger partial charge in [0.25, 0.3) is 0 Å². The van der Waals surface area contributed by atoms with Crippen molar-refractivity contribution < 1.29 is 0 Å². The van der Waals surface area contributed by atoms with Crippen molar-refractivity contribution in [3.63, 3.8) is 0 Å². The van der Waals surface area contributed by atoms with E-state index in [-0.39, 0.29) is 0 Å². The van der Waals surface area contributed by atoms with Crippen LogP contribution < -0.4 is 10.6 Å². The lowest BCUT2D eigenvalue weighted by Crippen LogP contribution is -2.37. The topological polar surface area (TPSA) is 24.1 Å². The maximum atomic E-state index is 3.72. The van der Waals surface area contributed by atoms with E-state index in [4.69, 9.17) is 0 Å². The van der Waals surface area contributed by atoms with Crippen LogP contribution in [0.5, 0.6) is 0 Å². The molecule has 106 valence electrons. The van der Waals surface area contributed by atoms with Crippen LogP contribution in [-0.4, -0.2) is 26.2 Å². The van der Waals surface area contributed by atoms with Gasteiger partial charge in [-0.1, -0.05) is 26.7 Å². The minimum atomic E-state index is 0.501. The maximum Gasteiger partial charge on any atom is 0.000517 e. The van der Waals surface area contributed by atoms with Crippen LogP contribution in [0, 0.1) is 17.3 Å². The Morgan fingerprint density at radius 2 is 1.89 bits per heavy atom. The Morgan fingerprint density at radius 1 is 1.11 bits per heavy atom. The lowest BCUT2D eigenvalue weighted by atomic mass is 9.77. The molecule has 1 aliphatic heterocycles. The van der Waals surface area contributed by atoms with E-state index in [0.29, 0.717) is 5.41 Å². The Hall–Kier alpha value is -0.0800. The van der Waals surface area contributed by atoms with E-state index in [1.807, 2.05) is 0 Å². The largest absolute Gasteiger partial charge is 0.316 e. The SMILES string of the molecule is CC(C)(CNCCC1CCCNC1)C1CCCC1. The van der Waals surface area contributed by atoms with E-state index in [1.54, 1.807) is 0 Å². The van der Waals surface area contributed by atoms with Crippen molar-refractivity contribution >= 4 is 0 Å². The number of hydrogen-bond donors (Lipinski definition) is 2. The molecular weight excluding hydrogens is 220 g/mol. The quantitative estimate of drug-likeness (QED) is 0.710. The van der Waals surface area contributed by atoms with Gasteiger partial charge in [-0.25, -0.2) is 0 Å². The summed E-state index contributed by atoms with van der Waals surface area (Å²) in [6.45, 7) is 9.81. The van der Waals surface area contributed by atoms with Gasteiger partial charge in [0.1, 0.15) is 0 Å². The molecule has 0 spiro atoms. The van der Waals surface area contributed by atoms with Crippen LogP contribution in [0.3, 0.4) is 0 Å². The van der Waals surface area contributed by atoms with E-state index in [2.05, 4.69) is 24.5 Å². The van der Waals surface area contributed by atoms with Crippen LogP contribution in [-0.2, 0) is 0 Å². The Balaban J connectivity index is 1.58. The van der Waals surface area contributed by atoms with E-state index < -0.39 is 0 Å². The molecule has 2 rings (SSSR count). The van der Waals surface area contributed by atoms with Crippen molar-refractivity contribution in [3.05, 3.63) is 0 Å². The van der Waals surface area contributed by atoms with Crippen LogP contribution >= 0.6 is 0 Å². The molecule has 1 aliphatic carbocycles. The number of hydrogen-bond acceptors (Lipinski definition) is 2. The van der Waals surface area contributed by atoms with Gasteiger partial charge < -0.3 is 10.6 Å². The Kier molecular flexibility index (Phi) is 5.50. The van der Waals surface area contributed by atoms with Gasteiger partial charge in [-0.2, -0.15) is 0 Å². The van der Waals surface area contributed by atoms with E-state index in [1.165, 1.54) is 71.1 Å². The van der Waals surface area contributed by atoms with Crippen LogP contribution in [0.25, 0.3) is 0 Å². The van der Waals surface area contributed by atoms with Gasteiger partial charge in [0.05, 0.1) is 0 Å². The highest BCUT2D eigenvalue weighted by Crippen LogP contribution is 2.38. The van der Waals surface area contributed by atoms with Gasteiger partial charge in [0.2, 0.25) is 0 Å². The van der Waals surface area contributed by atoms with Gasteiger partial charge in [-0.15, -0.1) is 0 Å². The zero-order valence-corrected chi connectivity index (χ0v) is 12.4. The molecule has 2 aliphatic rings. The molecule has 1 heterocycles. The first-order chi connectivity index (χ1) is 8.68. The molecule has 1 unspecified atom stereocenters. The summed E-state index contributed by atoms with van der Waals surface area (Å²) in [7, 11) is 0. The summed E-state index contributed by atoms with van der Waals surface area (Å²) in [5.41, 5.74) is 0.501. The van der Waals surface area contributed by atoms with Gasteiger partial charge in [-0.3, -0.25) is 0 Å². The minimum Gasteiger partial charge on any atom is -0.316 e. The van der Waals surface area contributed by atoms with Crippen molar-refractivity contribution in [1.82, 2.24) is 10.6 Å². The highest BCUT2D eigenvalue weighted by Gasteiger charge is 2.31. The third-order valence-corrected chi connectivity index (χ3v) is 5.17. The molecule has 2 nitrogen and oxygen atoms in total. The third-order valence-electron chi connectivity index (χ3n) is 5.17. The zero-order chi connectivity index (χ0) is 12.8. The molecule has 1 saturated carbocycles. The van der Waals surface area contributed by atoms with E-state index in [9.17, 15) is 0 Å². The molecule has 0 aromatic heterocycles. The van der Waals surface area contributed by atoms with Crippen molar-refractivity contribution in [3.8, 4) is 0 Å². The van der Waals surface area contributed by atoms with Gasteiger partial charge in [-0.05, 0) is 69.0 Å². The molecule has 2 N–H and O–H groups in total. The van der Waals surface area contributed by atoms with Gasteiger partial charge >= 0.3 is 0 Å². The molecule has 2 heteroatoms. The molecule has 0 aromatic carbocycles. The smallest absolute Gasteiger partial charge is 0.000517 e. The summed E-state index contributed by atoms with van der Waals surface area (Å²) in [6, 6.07) is 0. The Bertz CT molecular complexity index is 225. The fourth-order valence-corrected chi connectivity index (χ4v) is 3.74. The molecule has 0 aromatic rings. The fraction of sp³-hybridized carbons (Fsp3) is 1.00. The monoisotopic (exact) mass is 252 g/mol. The predicted octanol–water partition coefficient (Wildman–Crippen LogP) is 3.18. The molecule has 1 atom stereocenters. The first-order valence-corrected chi connectivity index (χ1v) is 8.10. The third kappa shape index (κ3) is 4.24. The standard InChI is InChI=1S/C16H32N2/c1-16(2,15-7-3-4-8-15)13-18-11-9-14-6-5-10-17-12-14/h14-15,17-18H,3-13H2,1-2H3. The molecule has 1 saturated heterocycles. The summed E-state index contributed by atoms with van der Waals surface area (Å²) < 4.78 is 0. The molecule has 0 bridgehead atoms. The summed E-state index contributed by atoms with van der Waals surface area (Å²) in [6.07, 6.45) is 10.00. The van der Waals surface area contributed by atoms with Crippen molar-refractivity contribution in [2.45, 2.75) is 58.8 Å². The van der Waals surface area contributed by atoms with E-state index in [0.717, 1.165) is 11.8 Å². The second-order valence-electron chi connectivity index (χ2n) is 7.15. The van der Waals surface area contributed by atoms with Crippen LogP contribution in [0.2, 0.25) is 0 Å². The number of piperidine rings is 1. The average Bonchev–Trinajstić information content (AvgIpc) is 2.91. The summed E-state index contributed by atoms with van der Waals surface area (Å²) in [5.74, 6) is 1.88. The lowest BCUT2D eigenvalue weighted by molar-refractivity contribution is 0.206. The molecule has 18 heavy (non-hydrogen) atoms. The molecule has 0 amide bonds. The second kappa shape index (κ2) is 6.91. The van der Waals surface area contributed by atoms with E-state index >= 15 is 0 Å². The van der Waals surface area contributed by atoms with Gasteiger partial charge in [0, 0.05) is 6.54 Å². The van der Waals surface area contributed by atoms with Crippen molar-refractivity contribution in [2.24, 2.45) is 17.3 Å². The lowest BCUT2D eigenvalue weighted by Gasteiger charge is -2.32. The average molecular weight is 252 g/mol. The number of rotatable bonds is 6. The van der Waals surface area contributed by atoms with Crippen molar-refractivity contribution in [2.75, 3.05) is 26.2 Å². The van der Waals surface area contributed by atoms with Crippen LogP contribution in [0.1, 0.15) is 58.8 Å². The first kappa shape index (κ1) is 14.3. The van der Waals surface area contributed by atoms with Gasteiger partial charge in [0.15, 0.2) is 0 Å². The normalized spacial score (nSPS) is 26.7. The molecule has 0 radical (unpaired) electrons. The first-order valence-electron chi connectivity index (χ1n) is 8.10. The van der Waals surface area contributed by atoms with Crippen LogP contribution in [0.15, 0.2) is 0 Å².